The van der Waals surface area contributed by atoms with Crippen LogP contribution in [0.3, 0.4) is 0 Å². The molecule has 0 amide bonds. The van der Waals surface area contributed by atoms with Gasteiger partial charge in [-0.05, 0) is 41.3 Å². The molecule has 4 aromatic rings. The van der Waals surface area contributed by atoms with Crippen molar-refractivity contribution in [2.45, 2.75) is 13.0 Å². The minimum Gasteiger partial charge on any atom is -0.493 e. The Kier molecular flexibility index (Phi) is 5.95. The van der Waals surface area contributed by atoms with E-state index in [-0.39, 0.29) is 0 Å². The van der Waals surface area contributed by atoms with Crippen LogP contribution in [0.4, 0.5) is 0 Å². The fourth-order valence-electron chi connectivity index (χ4n) is 3.37. The Hall–Kier alpha value is -4.11. The average Bonchev–Trinajstić information content (AvgIpc) is 2.83. The van der Waals surface area contributed by atoms with Gasteiger partial charge in [-0.2, -0.15) is 5.26 Å². The van der Waals surface area contributed by atoms with Gasteiger partial charge in [-0.1, -0.05) is 42.5 Å². The molecule has 0 N–H and O–H groups in total. The number of hydrogen-bond donors (Lipinski definition) is 0. The van der Waals surface area contributed by atoms with Gasteiger partial charge < -0.3 is 14.2 Å². The fraction of sp³-hybridized carbons (Fsp3) is 0.160. The summed E-state index contributed by atoms with van der Waals surface area (Å²) in [6, 6.07) is 21.8. The topological polar surface area (TPSA) is 77.3 Å². The number of nitrogens with zero attached hydrogens (tertiary/aromatic N) is 3. The molecule has 6 heteroatoms. The molecular weight excluding hydrogens is 390 g/mol. The SMILES string of the molecule is COc1cnc2ccc(Cc3ccc(OCc4ccccc4)c(OC)c3)c(C#N)c2n1. The molecule has 1 heterocycles. The third-order valence-electron chi connectivity index (χ3n) is 4.96. The predicted octanol–water partition coefficient (Wildman–Crippen LogP) is 4.69. The maximum Gasteiger partial charge on any atom is 0.232 e. The lowest BCUT2D eigenvalue weighted by molar-refractivity contribution is 0.284. The molecule has 0 atom stereocenters. The lowest BCUT2D eigenvalue weighted by atomic mass is 9.98. The summed E-state index contributed by atoms with van der Waals surface area (Å²) in [5.74, 6) is 1.70. The number of fused-ring (bicyclic) bond motifs is 1. The maximum atomic E-state index is 9.78. The number of hydrogen-bond acceptors (Lipinski definition) is 6. The molecule has 0 aliphatic rings. The number of nitriles is 1. The Morgan fingerprint density at radius 2 is 1.74 bits per heavy atom. The van der Waals surface area contributed by atoms with E-state index in [4.69, 9.17) is 14.2 Å². The minimum absolute atomic E-state index is 0.378. The summed E-state index contributed by atoms with van der Waals surface area (Å²) in [4.78, 5) is 8.73. The molecule has 0 saturated heterocycles. The fourth-order valence-corrected chi connectivity index (χ4v) is 3.37. The lowest BCUT2D eigenvalue weighted by Gasteiger charge is -2.13. The second-order valence-corrected chi connectivity index (χ2v) is 6.93. The van der Waals surface area contributed by atoms with E-state index >= 15 is 0 Å². The zero-order chi connectivity index (χ0) is 21.6. The second kappa shape index (κ2) is 9.14. The quantitative estimate of drug-likeness (QED) is 0.439. The molecule has 0 bridgehead atoms. The second-order valence-electron chi connectivity index (χ2n) is 6.93. The van der Waals surface area contributed by atoms with Crippen LogP contribution in [0.5, 0.6) is 17.4 Å². The molecule has 0 aliphatic carbocycles. The third-order valence-corrected chi connectivity index (χ3v) is 4.96. The highest BCUT2D eigenvalue weighted by atomic mass is 16.5. The minimum atomic E-state index is 0.378. The van der Waals surface area contributed by atoms with Crippen LogP contribution in [-0.2, 0) is 13.0 Å². The van der Waals surface area contributed by atoms with Gasteiger partial charge in [-0.25, -0.2) is 9.97 Å². The van der Waals surface area contributed by atoms with E-state index in [0.29, 0.717) is 47.0 Å². The molecule has 0 fully saturated rings. The van der Waals surface area contributed by atoms with Crippen molar-refractivity contribution in [2.75, 3.05) is 14.2 Å². The number of methoxy groups -OCH3 is 2. The highest BCUT2D eigenvalue weighted by Gasteiger charge is 2.13. The first-order valence-electron chi connectivity index (χ1n) is 9.78. The molecule has 1 aromatic heterocycles. The van der Waals surface area contributed by atoms with Crippen LogP contribution >= 0.6 is 0 Å². The van der Waals surface area contributed by atoms with Crippen molar-refractivity contribution in [3.63, 3.8) is 0 Å². The highest BCUT2D eigenvalue weighted by Crippen LogP contribution is 2.31. The molecule has 6 nitrogen and oxygen atoms in total. The van der Waals surface area contributed by atoms with Crippen molar-refractivity contribution in [1.29, 1.82) is 5.26 Å². The van der Waals surface area contributed by atoms with Crippen molar-refractivity contribution in [2.24, 2.45) is 0 Å². The van der Waals surface area contributed by atoms with Crippen molar-refractivity contribution >= 4 is 11.0 Å². The van der Waals surface area contributed by atoms with E-state index in [1.165, 1.54) is 7.11 Å². The number of aromatic nitrogens is 2. The normalized spacial score (nSPS) is 10.5. The van der Waals surface area contributed by atoms with E-state index in [2.05, 4.69) is 16.0 Å². The van der Waals surface area contributed by atoms with Crippen LogP contribution in [0.25, 0.3) is 11.0 Å². The van der Waals surface area contributed by atoms with Gasteiger partial charge in [-0.3, -0.25) is 0 Å². The molecule has 0 saturated carbocycles. The van der Waals surface area contributed by atoms with Gasteiger partial charge in [0, 0.05) is 0 Å². The molecule has 0 unspecified atom stereocenters. The first-order valence-corrected chi connectivity index (χ1v) is 9.78. The zero-order valence-corrected chi connectivity index (χ0v) is 17.3. The Balaban J connectivity index is 1.60. The highest BCUT2D eigenvalue weighted by molar-refractivity contribution is 5.82. The molecule has 31 heavy (non-hydrogen) atoms. The van der Waals surface area contributed by atoms with Crippen LogP contribution in [0.15, 0.2) is 66.9 Å². The van der Waals surface area contributed by atoms with E-state index in [9.17, 15) is 5.26 Å². The first kappa shape index (κ1) is 20.2. The monoisotopic (exact) mass is 411 g/mol. The average molecular weight is 411 g/mol. The van der Waals surface area contributed by atoms with E-state index in [1.54, 1.807) is 13.3 Å². The lowest BCUT2D eigenvalue weighted by Crippen LogP contribution is -2.00. The summed E-state index contributed by atoms with van der Waals surface area (Å²) in [6.07, 6.45) is 2.09. The van der Waals surface area contributed by atoms with Crippen LogP contribution in [-0.4, -0.2) is 24.2 Å². The predicted molar refractivity (Wildman–Crippen MR) is 117 cm³/mol. The van der Waals surface area contributed by atoms with E-state index in [1.807, 2.05) is 60.7 Å². The van der Waals surface area contributed by atoms with Gasteiger partial charge in [0.05, 0.1) is 31.5 Å². The van der Waals surface area contributed by atoms with Crippen LogP contribution in [0, 0.1) is 11.3 Å². The van der Waals surface area contributed by atoms with Gasteiger partial charge in [-0.15, -0.1) is 0 Å². The summed E-state index contributed by atoms with van der Waals surface area (Å²) in [7, 11) is 3.15. The van der Waals surface area contributed by atoms with E-state index < -0.39 is 0 Å². The standard InChI is InChI=1S/C25H21N3O3/c1-29-23-13-18(8-11-22(23)31-16-17-6-4-3-5-7-17)12-19-9-10-21-25(20(19)14-26)28-24(30-2)15-27-21/h3-11,13,15H,12,16H2,1-2H3. The summed E-state index contributed by atoms with van der Waals surface area (Å²) >= 11 is 0. The number of rotatable bonds is 7. The van der Waals surface area contributed by atoms with Crippen molar-refractivity contribution in [3.05, 3.63) is 89.1 Å². The van der Waals surface area contributed by atoms with Gasteiger partial charge in [0.15, 0.2) is 11.5 Å². The Morgan fingerprint density at radius 1 is 0.903 bits per heavy atom. The maximum absolute atomic E-state index is 9.78. The summed E-state index contributed by atoms with van der Waals surface area (Å²) in [5, 5.41) is 9.78. The van der Waals surface area contributed by atoms with Gasteiger partial charge in [0.25, 0.3) is 0 Å². The Morgan fingerprint density at radius 3 is 2.48 bits per heavy atom. The third kappa shape index (κ3) is 4.41. The van der Waals surface area contributed by atoms with Gasteiger partial charge in [0.2, 0.25) is 5.88 Å². The summed E-state index contributed by atoms with van der Waals surface area (Å²) in [6.45, 7) is 0.459. The van der Waals surface area contributed by atoms with Crippen LogP contribution in [0.2, 0.25) is 0 Å². The first-order chi connectivity index (χ1) is 15.2. The summed E-state index contributed by atoms with van der Waals surface area (Å²) in [5.41, 5.74) is 4.62. The molecular formula is C25H21N3O3. The van der Waals surface area contributed by atoms with Crippen LogP contribution in [0.1, 0.15) is 22.3 Å². The number of benzene rings is 3. The van der Waals surface area contributed by atoms with Crippen molar-refractivity contribution in [3.8, 4) is 23.4 Å². The van der Waals surface area contributed by atoms with Crippen molar-refractivity contribution < 1.29 is 14.2 Å². The van der Waals surface area contributed by atoms with Gasteiger partial charge >= 0.3 is 0 Å². The molecule has 0 radical (unpaired) electrons. The van der Waals surface area contributed by atoms with Crippen molar-refractivity contribution in [1.82, 2.24) is 9.97 Å². The molecule has 0 spiro atoms. The Labute approximate surface area is 180 Å². The van der Waals surface area contributed by atoms with E-state index in [0.717, 1.165) is 16.7 Å². The summed E-state index contributed by atoms with van der Waals surface area (Å²) < 4.78 is 16.6. The number of ether oxygens (including phenoxy) is 3. The van der Waals surface area contributed by atoms with Gasteiger partial charge in [0.1, 0.15) is 18.2 Å². The zero-order valence-electron chi connectivity index (χ0n) is 17.3. The Bertz CT molecular complexity index is 1250. The molecule has 154 valence electrons. The smallest absolute Gasteiger partial charge is 0.232 e. The molecule has 3 aromatic carbocycles. The molecule has 4 rings (SSSR count). The van der Waals surface area contributed by atoms with Crippen LogP contribution < -0.4 is 14.2 Å². The largest absolute Gasteiger partial charge is 0.493 e. The molecule has 0 aliphatic heterocycles.